The number of aryl methyl sites for hydroxylation is 1. The van der Waals surface area contributed by atoms with E-state index in [2.05, 4.69) is 4.98 Å². The SMILES string of the molecule is Cc1cccc(C(=O)N2CC3(CC(Oc4ccccn4)CS3)C2)c1.O=C(O)C(F)(F)F. The predicted octanol–water partition coefficient (Wildman–Crippen LogP) is 3.80. The van der Waals surface area contributed by atoms with Crippen LogP contribution >= 0.6 is 11.8 Å². The molecule has 0 aliphatic carbocycles. The number of ether oxygens (including phenoxy) is 1. The van der Waals surface area contributed by atoms with Crippen molar-refractivity contribution in [2.45, 2.75) is 30.4 Å². The summed E-state index contributed by atoms with van der Waals surface area (Å²) < 4.78 is 37.9. The van der Waals surface area contributed by atoms with Gasteiger partial charge >= 0.3 is 12.1 Å². The summed E-state index contributed by atoms with van der Waals surface area (Å²) in [7, 11) is 0. The number of nitrogens with zero attached hydrogens (tertiary/aromatic N) is 2. The average molecular weight is 454 g/mol. The number of aliphatic carboxylic acids is 1. The second-order valence-corrected chi connectivity index (χ2v) is 8.93. The van der Waals surface area contributed by atoms with Gasteiger partial charge in [-0.05, 0) is 25.1 Å². The Labute approximate surface area is 181 Å². The van der Waals surface area contributed by atoms with Gasteiger partial charge in [0.1, 0.15) is 6.10 Å². The zero-order valence-corrected chi connectivity index (χ0v) is 17.4. The van der Waals surface area contributed by atoms with Crippen LogP contribution in [0.1, 0.15) is 22.3 Å². The summed E-state index contributed by atoms with van der Waals surface area (Å²) in [6.45, 7) is 3.64. The first-order valence-electron chi connectivity index (χ1n) is 9.46. The maximum atomic E-state index is 12.6. The number of aromatic nitrogens is 1. The van der Waals surface area contributed by atoms with E-state index in [0.29, 0.717) is 5.88 Å². The smallest absolute Gasteiger partial charge is 0.475 e. The van der Waals surface area contributed by atoms with E-state index in [1.807, 2.05) is 66.1 Å². The Kier molecular flexibility index (Phi) is 6.78. The van der Waals surface area contributed by atoms with Crippen molar-refractivity contribution in [3.05, 3.63) is 59.8 Å². The second kappa shape index (κ2) is 9.17. The van der Waals surface area contributed by atoms with E-state index in [9.17, 15) is 18.0 Å². The number of hydrogen-bond acceptors (Lipinski definition) is 5. The number of amides is 1. The fourth-order valence-corrected chi connectivity index (χ4v) is 4.96. The van der Waals surface area contributed by atoms with Crippen LogP contribution in [0.3, 0.4) is 0 Å². The van der Waals surface area contributed by atoms with Crippen LogP contribution in [0.5, 0.6) is 5.88 Å². The van der Waals surface area contributed by atoms with Crippen molar-refractivity contribution in [1.82, 2.24) is 9.88 Å². The minimum atomic E-state index is -5.08. The number of carbonyl (C=O) groups is 2. The van der Waals surface area contributed by atoms with E-state index in [1.54, 1.807) is 6.20 Å². The first-order valence-corrected chi connectivity index (χ1v) is 10.4. The van der Waals surface area contributed by atoms with Gasteiger partial charge in [-0.25, -0.2) is 9.78 Å². The summed E-state index contributed by atoms with van der Waals surface area (Å²) in [5.74, 6) is -0.970. The van der Waals surface area contributed by atoms with Gasteiger partial charge in [-0.3, -0.25) is 4.79 Å². The quantitative estimate of drug-likeness (QED) is 0.760. The lowest BCUT2D eigenvalue weighted by atomic mass is 9.92. The molecule has 3 heterocycles. The Morgan fingerprint density at radius 1 is 1.23 bits per heavy atom. The van der Waals surface area contributed by atoms with Gasteiger partial charge in [0, 0.05) is 43.1 Å². The van der Waals surface area contributed by atoms with E-state index in [1.165, 1.54) is 0 Å². The van der Waals surface area contributed by atoms with Crippen molar-refractivity contribution in [1.29, 1.82) is 0 Å². The number of pyridine rings is 1. The molecule has 31 heavy (non-hydrogen) atoms. The Hall–Kier alpha value is -2.75. The lowest BCUT2D eigenvalue weighted by Crippen LogP contribution is -2.60. The molecule has 166 valence electrons. The van der Waals surface area contributed by atoms with Crippen LogP contribution in [0, 0.1) is 6.92 Å². The van der Waals surface area contributed by atoms with Gasteiger partial charge in [-0.15, -0.1) is 11.8 Å². The molecule has 2 saturated heterocycles. The number of hydrogen-bond donors (Lipinski definition) is 1. The molecular weight excluding hydrogens is 433 g/mol. The summed E-state index contributed by atoms with van der Waals surface area (Å²) in [6, 6.07) is 13.5. The Morgan fingerprint density at radius 3 is 2.52 bits per heavy atom. The highest BCUT2D eigenvalue weighted by atomic mass is 32.2. The molecule has 1 N–H and O–H groups in total. The molecule has 0 bridgehead atoms. The molecule has 0 saturated carbocycles. The zero-order valence-electron chi connectivity index (χ0n) is 16.6. The van der Waals surface area contributed by atoms with E-state index >= 15 is 0 Å². The topological polar surface area (TPSA) is 79.7 Å². The standard InChI is InChI=1S/C19H20N2O2S.C2HF3O2/c1-14-5-4-6-15(9-14)18(22)21-12-19(13-21)10-16(11-24-19)23-17-7-2-3-8-20-17;3-2(4,5)1(6)7/h2-9,16H,10-13H2,1H3;(H,6,7). The molecule has 4 rings (SSSR count). The van der Waals surface area contributed by atoms with Crippen LogP contribution < -0.4 is 4.74 Å². The van der Waals surface area contributed by atoms with E-state index in [0.717, 1.165) is 36.4 Å². The maximum absolute atomic E-state index is 12.6. The molecule has 0 radical (unpaired) electrons. The molecule has 2 fully saturated rings. The van der Waals surface area contributed by atoms with Gasteiger partial charge in [0.2, 0.25) is 5.88 Å². The van der Waals surface area contributed by atoms with Crippen molar-refractivity contribution in [3.8, 4) is 5.88 Å². The van der Waals surface area contributed by atoms with Gasteiger partial charge in [0.05, 0.1) is 4.75 Å². The summed E-state index contributed by atoms with van der Waals surface area (Å²) in [5.41, 5.74) is 1.91. The van der Waals surface area contributed by atoms with E-state index in [-0.39, 0.29) is 16.8 Å². The molecule has 2 aromatic rings. The summed E-state index contributed by atoms with van der Waals surface area (Å²) in [6.07, 6.45) is -2.17. The van der Waals surface area contributed by atoms with Crippen molar-refractivity contribution >= 4 is 23.6 Å². The summed E-state index contributed by atoms with van der Waals surface area (Å²) in [5, 5.41) is 7.12. The fraction of sp³-hybridized carbons (Fsp3) is 0.381. The van der Waals surface area contributed by atoms with Gasteiger partial charge in [-0.2, -0.15) is 13.2 Å². The lowest BCUT2D eigenvalue weighted by Gasteiger charge is -2.47. The second-order valence-electron chi connectivity index (χ2n) is 7.44. The normalized spacial score (nSPS) is 19.2. The molecular formula is C21H21F3N2O4S. The summed E-state index contributed by atoms with van der Waals surface area (Å²) >= 11 is 1.93. The minimum absolute atomic E-state index is 0.138. The number of thioether (sulfide) groups is 1. The molecule has 10 heteroatoms. The monoisotopic (exact) mass is 454 g/mol. The third-order valence-electron chi connectivity index (χ3n) is 4.85. The van der Waals surface area contributed by atoms with Gasteiger partial charge in [-0.1, -0.05) is 23.8 Å². The van der Waals surface area contributed by atoms with Gasteiger partial charge in [0.15, 0.2) is 0 Å². The third-order valence-corrected chi connectivity index (χ3v) is 6.43. The van der Waals surface area contributed by atoms with Crippen molar-refractivity contribution in [2.24, 2.45) is 0 Å². The Bertz CT molecular complexity index is 934. The highest BCUT2D eigenvalue weighted by molar-refractivity contribution is 8.01. The number of rotatable bonds is 3. The first kappa shape index (κ1) is 22.9. The molecule has 2 aliphatic rings. The van der Waals surface area contributed by atoms with Crippen LogP contribution in [0.25, 0.3) is 0 Å². The van der Waals surface area contributed by atoms with Gasteiger partial charge in [0.25, 0.3) is 5.91 Å². The highest BCUT2D eigenvalue weighted by Crippen LogP contribution is 2.46. The summed E-state index contributed by atoms with van der Waals surface area (Å²) in [4.78, 5) is 27.6. The van der Waals surface area contributed by atoms with Crippen LogP contribution in [0.15, 0.2) is 48.7 Å². The molecule has 1 atom stereocenters. The van der Waals surface area contributed by atoms with Gasteiger partial charge < -0.3 is 14.7 Å². The number of carbonyl (C=O) groups excluding carboxylic acids is 1. The number of carboxylic acid groups (broad SMARTS) is 1. The van der Waals surface area contributed by atoms with Crippen LogP contribution in [0.2, 0.25) is 0 Å². The first-order chi connectivity index (χ1) is 14.6. The Morgan fingerprint density at radius 2 is 1.94 bits per heavy atom. The predicted molar refractivity (Wildman–Crippen MR) is 109 cm³/mol. The molecule has 2 aliphatic heterocycles. The van der Waals surface area contributed by atoms with Crippen molar-refractivity contribution in [3.63, 3.8) is 0 Å². The molecule has 1 aromatic heterocycles. The average Bonchev–Trinajstić information content (AvgIpc) is 3.11. The van der Waals surface area contributed by atoms with E-state index < -0.39 is 12.1 Å². The molecule has 1 amide bonds. The molecule has 1 unspecified atom stereocenters. The number of carboxylic acids is 1. The minimum Gasteiger partial charge on any atom is -0.475 e. The van der Waals surface area contributed by atoms with Crippen molar-refractivity contribution < 1.29 is 32.6 Å². The fourth-order valence-electron chi connectivity index (χ4n) is 3.44. The van der Waals surface area contributed by atoms with E-state index in [4.69, 9.17) is 14.6 Å². The van der Waals surface area contributed by atoms with Crippen LogP contribution in [-0.2, 0) is 4.79 Å². The highest BCUT2D eigenvalue weighted by Gasteiger charge is 2.51. The number of alkyl halides is 3. The number of benzene rings is 1. The molecule has 1 aromatic carbocycles. The Balaban J connectivity index is 0.000000339. The number of likely N-dealkylation sites (tertiary alicyclic amines) is 1. The van der Waals surface area contributed by atoms with Crippen molar-refractivity contribution in [2.75, 3.05) is 18.8 Å². The molecule has 1 spiro atoms. The third kappa shape index (κ3) is 5.90. The zero-order chi connectivity index (χ0) is 22.6. The lowest BCUT2D eigenvalue weighted by molar-refractivity contribution is -0.192. The van der Waals surface area contributed by atoms with Crippen LogP contribution in [-0.4, -0.2) is 62.7 Å². The number of halogens is 3. The van der Waals surface area contributed by atoms with Crippen LogP contribution in [0.4, 0.5) is 13.2 Å². The largest absolute Gasteiger partial charge is 0.490 e. The maximum Gasteiger partial charge on any atom is 0.490 e. The molecule has 6 nitrogen and oxygen atoms in total.